The average molecular weight is 342 g/mol. The Labute approximate surface area is 141 Å². The number of aromatic nitrogens is 1. The van der Waals surface area contributed by atoms with Gasteiger partial charge in [-0.25, -0.2) is 9.78 Å². The first-order chi connectivity index (χ1) is 11.5. The predicted molar refractivity (Wildman–Crippen MR) is 91.4 cm³/mol. The van der Waals surface area contributed by atoms with E-state index in [0.717, 1.165) is 5.52 Å². The summed E-state index contributed by atoms with van der Waals surface area (Å²) in [5, 5.41) is 11.6. The van der Waals surface area contributed by atoms with Crippen LogP contribution in [0.5, 0.6) is 0 Å². The molecule has 0 spiro atoms. The number of hydrogen-bond acceptors (Lipinski definition) is 5. The number of rotatable bonds is 5. The molecule has 2 aromatic carbocycles. The molecule has 122 valence electrons. The molecule has 0 bridgehead atoms. The first kappa shape index (κ1) is 16.1. The number of anilines is 1. The lowest BCUT2D eigenvalue weighted by atomic mass is 10.2. The molecule has 1 amide bonds. The highest BCUT2D eigenvalue weighted by Crippen LogP contribution is 2.27. The Kier molecular flexibility index (Phi) is 4.52. The monoisotopic (exact) mass is 342 g/mol. The number of aromatic carboxylic acids is 1. The minimum absolute atomic E-state index is 0.168. The predicted octanol–water partition coefficient (Wildman–Crippen LogP) is 3.65. The molecule has 0 aliphatic carbocycles. The molecular formula is C17H14N2O4S. The van der Waals surface area contributed by atoms with Crippen molar-refractivity contribution >= 4 is 40.4 Å². The van der Waals surface area contributed by atoms with Crippen molar-refractivity contribution < 1.29 is 19.1 Å². The molecule has 0 saturated heterocycles. The number of thioether (sulfide) groups is 1. The van der Waals surface area contributed by atoms with Gasteiger partial charge in [-0.15, -0.1) is 0 Å². The van der Waals surface area contributed by atoms with Crippen molar-refractivity contribution in [1.29, 1.82) is 0 Å². The number of nitrogens with zero attached hydrogens (tertiary/aromatic N) is 1. The van der Waals surface area contributed by atoms with Gasteiger partial charge < -0.3 is 14.8 Å². The normalized spacial score (nSPS) is 12.0. The Balaban J connectivity index is 1.64. The molecule has 1 aromatic heterocycles. The number of fused-ring (bicyclic) bond motifs is 1. The van der Waals surface area contributed by atoms with Gasteiger partial charge in [-0.05, 0) is 43.3 Å². The number of nitrogens with one attached hydrogen (secondary N) is 1. The van der Waals surface area contributed by atoms with Gasteiger partial charge in [0.05, 0.1) is 10.8 Å². The maximum atomic E-state index is 12.2. The summed E-state index contributed by atoms with van der Waals surface area (Å²) in [6.07, 6.45) is 0. The molecule has 0 aliphatic rings. The van der Waals surface area contributed by atoms with Crippen LogP contribution in [-0.4, -0.2) is 27.2 Å². The van der Waals surface area contributed by atoms with Gasteiger partial charge in [0.1, 0.15) is 5.52 Å². The molecule has 24 heavy (non-hydrogen) atoms. The third kappa shape index (κ3) is 3.57. The quantitative estimate of drug-likeness (QED) is 0.688. The molecular weight excluding hydrogens is 328 g/mol. The Hall–Kier alpha value is -2.80. The summed E-state index contributed by atoms with van der Waals surface area (Å²) in [6.45, 7) is 1.75. The highest BCUT2D eigenvalue weighted by Gasteiger charge is 2.18. The highest BCUT2D eigenvalue weighted by atomic mass is 32.2. The second-order valence-corrected chi connectivity index (χ2v) is 6.37. The topological polar surface area (TPSA) is 92.4 Å². The second-order valence-electron chi connectivity index (χ2n) is 5.08. The number of oxazole rings is 1. The molecule has 3 aromatic rings. The minimum atomic E-state index is -1.01. The zero-order chi connectivity index (χ0) is 17.1. The molecule has 1 heterocycles. The van der Waals surface area contributed by atoms with E-state index in [2.05, 4.69) is 10.3 Å². The van der Waals surface area contributed by atoms with Crippen LogP contribution in [-0.2, 0) is 4.79 Å². The second kappa shape index (κ2) is 6.76. The van der Waals surface area contributed by atoms with Crippen molar-refractivity contribution in [2.75, 3.05) is 5.32 Å². The lowest BCUT2D eigenvalue weighted by Gasteiger charge is -2.10. The van der Waals surface area contributed by atoms with Crippen molar-refractivity contribution in [2.24, 2.45) is 0 Å². The number of para-hydroxylation sites is 2. The van der Waals surface area contributed by atoms with Gasteiger partial charge in [0.15, 0.2) is 5.58 Å². The maximum Gasteiger partial charge on any atom is 0.335 e. The van der Waals surface area contributed by atoms with Crippen LogP contribution in [0.25, 0.3) is 11.1 Å². The third-order valence-corrected chi connectivity index (χ3v) is 4.26. The summed E-state index contributed by atoms with van der Waals surface area (Å²) in [4.78, 5) is 27.4. The Bertz CT molecular complexity index is 856. The van der Waals surface area contributed by atoms with Gasteiger partial charge in [-0.1, -0.05) is 23.9 Å². The van der Waals surface area contributed by atoms with Gasteiger partial charge in [-0.3, -0.25) is 4.79 Å². The minimum Gasteiger partial charge on any atom is -0.478 e. The molecule has 0 aliphatic heterocycles. The van der Waals surface area contributed by atoms with E-state index in [1.807, 2.05) is 24.3 Å². The summed E-state index contributed by atoms with van der Waals surface area (Å²) >= 11 is 1.22. The number of carboxylic acid groups (broad SMARTS) is 1. The molecule has 1 atom stereocenters. The van der Waals surface area contributed by atoms with Crippen LogP contribution >= 0.6 is 11.8 Å². The van der Waals surface area contributed by atoms with Crippen molar-refractivity contribution in [3.05, 3.63) is 54.1 Å². The molecule has 0 radical (unpaired) electrons. The van der Waals surface area contributed by atoms with Crippen LogP contribution in [0, 0.1) is 0 Å². The first-order valence-electron chi connectivity index (χ1n) is 7.19. The van der Waals surface area contributed by atoms with Gasteiger partial charge in [-0.2, -0.15) is 0 Å². The SMILES string of the molecule is CC(Sc1nc2ccccc2o1)C(=O)Nc1ccc(C(=O)O)cc1. The number of hydrogen-bond donors (Lipinski definition) is 2. The fourth-order valence-electron chi connectivity index (χ4n) is 2.05. The fourth-order valence-corrected chi connectivity index (χ4v) is 2.80. The van der Waals surface area contributed by atoms with Crippen molar-refractivity contribution in [2.45, 2.75) is 17.4 Å². The van der Waals surface area contributed by atoms with Crippen LogP contribution in [0.15, 0.2) is 58.2 Å². The summed E-state index contributed by atoms with van der Waals surface area (Å²) < 4.78 is 5.59. The van der Waals surface area contributed by atoms with E-state index in [1.165, 1.54) is 23.9 Å². The van der Waals surface area contributed by atoms with E-state index < -0.39 is 11.2 Å². The van der Waals surface area contributed by atoms with Crippen LogP contribution in [0.1, 0.15) is 17.3 Å². The van der Waals surface area contributed by atoms with E-state index in [1.54, 1.807) is 19.1 Å². The van der Waals surface area contributed by atoms with Gasteiger partial charge in [0.25, 0.3) is 5.22 Å². The Morgan fingerprint density at radius 1 is 1.17 bits per heavy atom. The standard InChI is InChI=1S/C17H14N2O4S/c1-10(24-17-19-13-4-2-3-5-14(13)23-17)15(20)18-12-8-6-11(7-9-12)16(21)22/h2-10H,1H3,(H,18,20)(H,21,22). The lowest BCUT2D eigenvalue weighted by molar-refractivity contribution is -0.115. The van der Waals surface area contributed by atoms with Gasteiger partial charge in [0.2, 0.25) is 5.91 Å². The molecule has 0 fully saturated rings. The molecule has 2 N–H and O–H groups in total. The smallest absolute Gasteiger partial charge is 0.335 e. The van der Waals surface area contributed by atoms with Crippen LogP contribution in [0.2, 0.25) is 0 Å². The molecule has 6 nitrogen and oxygen atoms in total. The Morgan fingerprint density at radius 3 is 2.54 bits per heavy atom. The van der Waals surface area contributed by atoms with Gasteiger partial charge >= 0.3 is 5.97 Å². The van der Waals surface area contributed by atoms with E-state index in [0.29, 0.717) is 16.5 Å². The largest absolute Gasteiger partial charge is 0.478 e. The van der Waals surface area contributed by atoms with E-state index in [9.17, 15) is 9.59 Å². The van der Waals surface area contributed by atoms with Crippen LogP contribution in [0.3, 0.4) is 0 Å². The van der Waals surface area contributed by atoms with E-state index in [-0.39, 0.29) is 11.5 Å². The number of carboxylic acids is 1. The number of carbonyl (C=O) groups excluding carboxylic acids is 1. The first-order valence-corrected chi connectivity index (χ1v) is 8.07. The summed E-state index contributed by atoms with van der Waals surface area (Å²) in [5.41, 5.74) is 2.13. The third-order valence-electron chi connectivity index (χ3n) is 3.32. The molecule has 3 rings (SSSR count). The number of benzene rings is 2. The zero-order valence-corrected chi connectivity index (χ0v) is 13.5. The average Bonchev–Trinajstić information content (AvgIpc) is 2.97. The van der Waals surface area contributed by atoms with Crippen molar-refractivity contribution in [3.8, 4) is 0 Å². The number of carbonyl (C=O) groups is 2. The highest BCUT2D eigenvalue weighted by molar-refractivity contribution is 8.00. The molecule has 0 saturated carbocycles. The fraction of sp³-hybridized carbons (Fsp3) is 0.118. The van der Waals surface area contributed by atoms with E-state index in [4.69, 9.17) is 9.52 Å². The van der Waals surface area contributed by atoms with Crippen LogP contribution < -0.4 is 5.32 Å². The summed E-state index contributed by atoms with van der Waals surface area (Å²) in [5.74, 6) is -1.22. The van der Waals surface area contributed by atoms with E-state index >= 15 is 0 Å². The maximum absolute atomic E-state index is 12.2. The zero-order valence-electron chi connectivity index (χ0n) is 12.7. The van der Waals surface area contributed by atoms with Crippen molar-refractivity contribution in [1.82, 2.24) is 4.98 Å². The van der Waals surface area contributed by atoms with Crippen LogP contribution in [0.4, 0.5) is 5.69 Å². The Morgan fingerprint density at radius 2 is 1.88 bits per heavy atom. The lowest BCUT2D eigenvalue weighted by Crippen LogP contribution is -2.22. The molecule has 1 unspecified atom stereocenters. The molecule has 7 heteroatoms. The van der Waals surface area contributed by atoms with Crippen molar-refractivity contribution in [3.63, 3.8) is 0 Å². The summed E-state index contributed by atoms with van der Waals surface area (Å²) in [7, 11) is 0. The van der Waals surface area contributed by atoms with Gasteiger partial charge in [0, 0.05) is 5.69 Å². The summed E-state index contributed by atoms with van der Waals surface area (Å²) in [6, 6.07) is 13.4. The number of amides is 1.